The van der Waals surface area contributed by atoms with Crippen LogP contribution in [-0.4, -0.2) is 13.2 Å². The molecule has 0 aromatic heterocycles. The number of rotatable bonds is 8. The Morgan fingerprint density at radius 2 is 2.17 bits per heavy atom. The second-order valence-corrected chi connectivity index (χ2v) is 4.67. The third-order valence-corrected chi connectivity index (χ3v) is 2.76. The molecule has 0 aliphatic heterocycles. The van der Waals surface area contributed by atoms with Gasteiger partial charge in [0.1, 0.15) is 5.75 Å². The van der Waals surface area contributed by atoms with Gasteiger partial charge in [0, 0.05) is 6.04 Å². The molecule has 0 aliphatic rings. The van der Waals surface area contributed by atoms with Crippen molar-refractivity contribution in [1.29, 1.82) is 0 Å². The summed E-state index contributed by atoms with van der Waals surface area (Å²) in [6.07, 6.45) is 2.10. The van der Waals surface area contributed by atoms with Crippen LogP contribution < -0.4 is 10.1 Å². The van der Waals surface area contributed by atoms with Gasteiger partial charge in [-0.25, -0.2) is 0 Å². The van der Waals surface area contributed by atoms with Gasteiger partial charge in [0.25, 0.3) is 0 Å². The minimum Gasteiger partial charge on any atom is -0.494 e. The molecule has 18 heavy (non-hydrogen) atoms. The molecule has 100 valence electrons. The van der Waals surface area contributed by atoms with Gasteiger partial charge in [0.05, 0.1) is 6.61 Å². The molecule has 0 bridgehead atoms. The van der Waals surface area contributed by atoms with E-state index in [0.717, 1.165) is 25.1 Å². The van der Waals surface area contributed by atoms with E-state index < -0.39 is 0 Å². The molecule has 0 fully saturated rings. The van der Waals surface area contributed by atoms with Gasteiger partial charge in [-0.1, -0.05) is 24.6 Å². The summed E-state index contributed by atoms with van der Waals surface area (Å²) in [4.78, 5) is 0. The van der Waals surface area contributed by atoms with Crippen molar-refractivity contribution >= 4 is 0 Å². The lowest BCUT2D eigenvalue weighted by molar-refractivity contribution is 0.339. The molecule has 0 amide bonds. The van der Waals surface area contributed by atoms with Crippen molar-refractivity contribution in [3.8, 4) is 5.75 Å². The van der Waals surface area contributed by atoms with Crippen LogP contribution in [0.3, 0.4) is 0 Å². The average molecular weight is 247 g/mol. The molecule has 1 rings (SSSR count). The van der Waals surface area contributed by atoms with Crippen molar-refractivity contribution in [3.05, 3.63) is 42.0 Å². The van der Waals surface area contributed by atoms with Crippen molar-refractivity contribution in [2.24, 2.45) is 0 Å². The van der Waals surface area contributed by atoms with Crippen LogP contribution in [0, 0.1) is 0 Å². The van der Waals surface area contributed by atoms with Gasteiger partial charge in [-0.3, -0.25) is 0 Å². The summed E-state index contributed by atoms with van der Waals surface area (Å²) >= 11 is 0. The molecule has 2 nitrogen and oxygen atoms in total. The van der Waals surface area contributed by atoms with Crippen LogP contribution in [-0.2, 0) is 0 Å². The highest BCUT2D eigenvalue weighted by molar-refractivity contribution is 5.31. The zero-order valence-corrected chi connectivity index (χ0v) is 11.8. The first-order valence-electron chi connectivity index (χ1n) is 6.77. The van der Waals surface area contributed by atoms with Gasteiger partial charge in [0.15, 0.2) is 0 Å². The summed E-state index contributed by atoms with van der Waals surface area (Å²) in [6, 6.07) is 8.67. The van der Waals surface area contributed by atoms with Gasteiger partial charge < -0.3 is 10.1 Å². The zero-order chi connectivity index (χ0) is 13.4. The Hall–Kier alpha value is -1.28. The first kappa shape index (κ1) is 14.8. The molecule has 1 N–H and O–H groups in total. The monoisotopic (exact) mass is 247 g/mol. The molecule has 1 unspecified atom stereocenters. The smallest absolute Gasteiger partial charge is 0.119 e. The largest absolute Gasteiger partial charge is 0.494 e. The quantitative estimate of drug-likeness (QED) is 0.699. The SMILES string of the molecule is C=C(C)CC(NCCC)c1cccc(OCC)c1. The highest BCUT2D eigenvalue weighted by Gasteiger charge is 2.11. The maximum atomic E-state index is 5.56. The molecule has 1 aromatic carbocycles. The molecule has 1 aromatic rings. The summed E-state index contributed by atoms with van der Waals surface area (Å²) in [6.45, 7) is 12.0. The second kappa shape index (κ2) is 7.93. The number of benzene rings is 1. The molecule has 1 atom stereocenters. The standard InChI is InChI=1S/C16H25NO/c1-5-10-17-16(11-13(3)4)14-8-7-9-15(12-14)18-6-2/h7-9,12,16-17H,3,5-6,10-11H2,1-2,4H3. The molecule has 0 spiro atoms. The number of nitrogens with one attached hydrogen (secondary N) is 1. The Morgan fingerprint density at radius 3 is 2.78 bits per heavy atom. The Bertz CT molecular complexity index is 373. The summed E-state index contributed by atoms with van der Waals surface area (Å²) < 4.78 is 5.56. The van der Waals surface area contributed by atoms with E-state index >= 15 is 0 Å². The molecular weight excluding hydrogens is 222 g/mol. The molecule has 0 saturated carbocycles. The molecule has 2 heteroatoms. The summed E-state index contributed by atoms with van der Waals surface area (Å²) in [5.41, 5.74) is 2.47. The highest BCUT2D eigenvalue weighted by Crippen LogP contribution is 2.24. The van der Waals surface area contributed by atoms with Crippen molar-refractivity contribution in [1.82, 2.24) is 5.32 Å². The van der Waals surface area contributed by atoms with Crippen LogP contribution in [0.5, 0.6) is 5.75 Å². The van der Waals surface area contributed by atoms with E-state index in [0.29, 0.717) is 12.6 Å². The van der Waals surface area contributed by atoms with E-state index in [4.69, 9.17) is 4.74 Å². The Balaban J connectivity index is 2.81. The Morgan fingerprint density at radius 1 is 1.39 bits per heavy atom. The van der Waals surface area contributed by atoms with Crippen molar-refractivity contribution in [2.75, 3.05) is 13.2 Å². The molecule has 0 radical (unpaired) electrons. The minimum absolute atomic E-state index is 0.336. The Kier molecular flexibility index (Phi) is 6.51. The van der Waals surface area contributed by atoms with Crippen LogP contribution in [0.25, 0.3) is 0 Å². The van der Waals surface area contributed by atoms with E-state index in [1.165, 1.54) is 11.1 Å². The summed E-state index contributed by atoms with van der Waals surface area (Å²) in [5.74, 6) is 0.944. The zero-order valence-electron chi connectivity index (χ0n) is 11.8. The van der Waals surface area contributed by atoms with Crippen LogP contribution in [0.15, 0.2) is 36.4 Å². The lowest BCUT2D eigenvalue weighted by Gasteiger charge is -2.20. The van der Waals surface area contributed by atoms with Gasteiger partial charge in [-0.05, 0) is 50.9 Å². The predicted octanol–water partition coefficient (Wildman–Crippen LogP) is 4.09. The van der Waals surface area contributed by atoms with Gasteiger partial charge in [-0.2, -0.15) is 0 Å². The second-order valence-electron chi connectivity index (χ2n) is 4.67. The van der Waals surface area contributed by atoms with E-state index in [9.17, 15) is 0 Å². The maximum absolute atomic E-state index is 5.56. The third-order valence-electron chi connectivity index (χ3n) is 2.76. The van der Waals surface area contributed by atoms with E-state index in [2.05, 4.69) is 43.9 Å². The van der Waals surface area contributed by atoms with Crippen molar-refractivity contribution in [2.45, 2.75) is 39.7 Å². The van der Waals surface area contributed by atoms with Gasteiger partial charge in [-0.15, -0.1) is 6.58 Å². The maximum Gasteiger partial charge on any atom is 0.119 e. The topological polar surface area (TPSA) is 21.3 Å². The van der Waals surface area contributed by atoms with Crippen LogP contribution in [0.4, 0.5) is 0 Å². The van der Waals surface area contributed by atoms with Gasteiger partial charge >= 0.3 is 0 Å². The molecule has 0 saturated heterocycles. The minimum atomic E-state index is 0.336. The van der Waals surface area contributed by atoms with E-state index in [-0.39, 0.29) is 0 Å². The summed E-state index contributed by atoms with van der Waals surface area (Å²) in [7, 11) is 0. The van der Waals surface area contributed by atoms with E-state index in [1.54, 1.807) is 0 Å². The lowest BCUT2D eigenvalue weighted by atomic mass is 10.00. The fraction of sp³-hybridized carbons (Fsp3) is 0.500. The van der Waals surface area contributed by atoms with Crippen LogP contribution in [0.1, 0.15) is 45.2 Å². The first-order chi connectivity index (χ1) is 8.67. The normalized spacial score (nSPS) is 12.2. The Labute approximate surface area is 111 Å². The summed E-state index contributed by atoms with van der Waals surface area (Å²) in [5, 5.41) is 3.57. The molecule has 0 aliphatic carbocycles. The van der Waals surface area contributed by atoms with Crippen molar-refractivity contribution in [3.63, 3.8) is 0 Å². The van der Waals surface area contributed by atoms with E-state index in [1.807, 2.05) is 13.0 Å². The highest BCUT2D eigenvalue weighted by atomic mass is 16.5. The molecule has 0 heterocycles. The predicted molar refractivity (Wildman–Crippen MR) is 78.1 cm³/mol. The van der Waals surface area contributed by atoms with Crippen LogP contribution >= 0.6 is 0 Å². The first-order valence-corrected chi connectivity index (χ1v) is 6.77. The van der Waals surface area contributed by atoms with Crippen LogP contribution in [0.2, 0.25) is 0 Å². The number of hydrogen-bond acceptors (Lipinski definition) is 2. The van der Waals surface area contributed by atoms with Crippen molar-refractivity contribution < 1.29 is 4.74 Å². The average Bonchev–Trinajstić information content (AvgIpc) is 2.35. The fourth-order valence-electron chi connectivity index (χ4n) is 1.96. The molecular formula is C16H25NO. The fourth-order valence-corrected chi connectivity index (χ4v) is 1.96. The third kappa shape index (κ3) is 4.92. The lowest BCUT2D eigenvalue weighted by Crippen LogP contribution is -2.22. The number of hydrogen-bond donors (Lipinski definition) is 1. The van der Waals surface area contributed by atoms with Gasteiger partial charge in [0.2, 0.25) is 0 Å². The number of ether oxygens (including phenoxy) is 1.